The van der Waals surface area contributed by atoms with Gasteiger partial charge in [-0.15, -0.1) is 11.8 Å². The zero-order valence-electron chi connectivity index (χ0n) is 13.9. The average Bonchev–Trinajstić information content (AvgIpc) is 2.61. The van der Waals surface area contributed by atoms with Gasteiger partial charge in [0.15, 0.2) is 0 Å². The van der Waals surface area contributed by atoms with Crippen LogP contribution in [0.5, 0.6) is 0 Å². The maximum atomic E-state index is 12.4. The number of β-lactam (4-membered cyclic amide) rings is 1. The molecule has 2 aliphatic heterocycles. The van der Waals surface area contributed by atoms with Crippen molar-refractivity contribution in [1.82, 2.24) is 10.2 Å². The summed E-state index contributed by atoms with van der Waals surface area (Å²) in [5.74, 6) is -1.44. The summed E-state index contributed by atoms with van der Waals surface area (Å²) in [6.45, 7) is 1.68. The first-order valence-corrected chi connectivity index (χ1v) is 8.94. The predicted octanol–water partition coefficient (Wildman–Crippen LogP) is 0.556. The molecule has 3 rings (SSSR count). The van der Waals surface area contributed by atoms with E-state index >= 15 is 0 Å². The molecule has 3 N–H and O–H groups in total. The van der Waals surface area contributed by atoms with Gasteiger partial charge in [-0.2, -0.15) is 0 Å². The molecule has 0 radical (unpaired) electrons. The molecule has 2 aliphatic rings. The smallest absolute Gasteiger partial charge is 0.352 e. The van der Waals surface area contributed by atoms with Gasteiger partial charge in [-0.1, -0.05) is 18.2 Å². The lowest BCUT2D eigenvalue weighted by atomic mass is 10.0. The number of aliphatic carboxylic acids is 1. The lowest BCUT2D eigenvalue weighted by Crippen LogP contribution is -2.70. The number of carboxylic acids is 1. The maximum Gasteiger partial charge on any atom is 0.352 e. The second kappa shape index (κ2) is 7.20. The topological polar surface area (TPSA) is 116 Å². The van der Waals surface area contributed by atoms with Crippen molar-refractivity contribution < 1.29 is 24.3 Å². The molecule has 2 heterocycles. The number of hydrogen-bond donors (Lipinski definition) is 3. The minimum atomic E-state index is -1.14. The van der Waals surface area contributed by atoms with Gasteiger partial charge < -0.3 is 15.7 Å². The fourth-order valence-electron chi connectivity index (χ4n) is 3.05. The number of hydrogen-bond acceptors (Lipinski definition) is 5. The molecular weight excluding hydrogens is 358 g/mol. The standard InChI is InChI=1S/C17H17N3O5S/c1-9-7-26-16-13(15(23)20(16)14(9)17(24)25)19-12(22)6-10-4-2-3-5-11(10)18-8-21/h2-5,8,13,16H,6-7H2,1H3,(H,18,21)(H,19,22)(H,24,25)/t13?,16-/m1/s1. The van der Waals surface area contributed by atoms with Crippen molar-refractivity contribution in [1.29, 1.82) is 0 Å². The van der Waals surface area contributed by atoms with Crippen molar-refractivity contribution in [3.05, 3.63) is 41.1 Å². The van der Waals surface area contributed by atoms with Gasteiger partial charge in [0.25, 0.3) is 5.91 Å². The van der Waals surface area contributed by atoms with Crippen LogP contribution in [-0.2, 0) is 25.6 Å². The highest BCUT2D eigenvalue weighted by Crippen LogP contribution is 2.40. The Morgan fingerprint density at radius 1 is 1.38 bits per heavy atom. The van der Waals surface area contributed by atoms with Crippen molar-refractivity contribution in [2.75, 3.05) is 11.1 Å². The molecule has 0 aromatic heterocycles. The summed E-state index contributed by atoms with van der Waals surface area (Å²) < 4.78 is 0. The zero-order chi connectivity index (χ0) is 18.8. The van der Waals surface area contributed by atoms with Crippen LogP contribution >= 0.6 is 11.8 Å². The van der Waals surface area contributed by atoms with Gasteiger partial charge in [0.2, 0.25) is 12.3 Å². The molecule has 1 fully saturated rings. The molecule has 1 saturated heterocycles. The van der Waals surface area contributed by atoms with Crippen LogP contribution in [0.4, 0.5) is 5.69 Å². The fourth-order valence-corrected chi connectivity index (χ4v) is 4.34. The molecule has 2 atom stereocenters. The Morgan fingerprint density at radius 2 is 2.12 bits per heavy atom. The predicted molar refractivity (Wildman–Crippen MR) is 95.2 cm³/mol. The van der Waals surface area contributed by atoms with Crippen LogP contribution in [-0.4, -0.2) is 51.4 Å². The Hall–Kier alpha value is -2.81. The van der Waals surface area contributed by atoms with Gasteiger partial charge in [-0.3, -0.25) is 19.3 Å². The number of amides is 3. The van der Waals surface area contributed by atoms with Crippen molar-refractivity contribution in [2.24, 2.45) is 0 Å². The molecule has 3 amide bonds. The highest BCUT2D eigenvalue weighted by Gasteiger charge is 2.53. The number of para-hydroxylation sites is 1. The van der Waals surface area contributed by atoms with Gasteiger partial charge in [0.05, 0.1) is 6.42 Å². The second-order valence-electron chi connectivity index (χ2n) is 5.99. The first kappa shape index (κ1) is 18.0. The first-order valence-electron chi connectivity index (χ1n) is 7.89. The normalized spacial score (nSPS) is 21.6. The van der Waals surface area contributed by atoms with Crippen molar-refractivity contribution in [3.63, 3.8) is 0 Å². The van der Waals surface area contributed by atoms with E-state index in [1.54, 1.807) is 31.2 Å². The SMILES string of the molecule is CC1=C(C(=O)O)N2C(=O)C(NC(=O)Cc3ccccc3NC=O)[C@H]2SC1. The number of thioether (sulfide) groups is 1. The number of benzene rings is 1. The number of fused-ring (bicyclic) bond motifs is 1. The molecule has 1 aromatic rings. The van der Waals surface area contributed by atoms with Crippen LogP contribution in [0, 0.1) is 0 Å². The molecule has 0 spiro atoms. The minimum absolute atomic E-state index is 0.00116. The number of carbonyl (C=O) groups is 4. The van der Waals surface area contributed by atoms with Gasteiger partial charge in [0.1, 0.15) is 17.1 Å². The average molecular weight is 375 g/mol. The Bertz CT molecular complexity index is 822. The van der Waals surface area contributed by atoms with E-state index in [0.29, 0.717) is 29.0 Å². The molecule has 8 nitrogen and oxygen atoms in total. The monoisotopic (exact) mass is 375 g/mol. The number of carboxylic acid groups (broad SMARTS) is 1. The first-order chi connectivity index (χ1) is 12.4. The van der Waals surface area contributed by atoms with Crippen LogP contribution in [0.1, 0.15) is 12.5 Å². The quantitative estimate of drug-likeness (QED) is 0.494. The molecule has 0 aliphatic carbocycles. The molecule has 0 saturated carbocycles. The lowest BCUT2D eigenvalue weighted by Gasteiger charge is -2.49. The van der Waals surface area contributed by atoms with E-state index in [1.807, 2.05) is 0 Å². The molecule has 1 unspecified atom stereocenters. The number of anilines is 1. The van der Waals surface area contributed by atoms with Gasteiger partial charge in [0, 0.05) is 11.4 Å². The summed E-state index contributed by atoms with van der Waals surface area (Å²) in [5.41, 5.74) is 1.78. The van der Waals surface area contributed by atoms with Crippen LogP contribution in [0.3, 0.4) is 0 Å². The molecule has 26 heavy (non-hydrogen) atoms. The third kappa shape index (κ3) is 3.17. The van der Waals surface area contributed by atoms with Gasteiger partial charge in [-0.05, 0) is 24.1 Å². The van der Waals surface area contributed by atoms with Crippen LogP contribution in [0.25, 0.3) is 0 Å². The van der Waals surface area contributed by atoms with E-state index in [0.717, 1.165) is 0 Å². The molecular formula is C17H17N3O5S. The Kier molecular flexibility index (Phi) is 4.99. The third-order valence-electron chi connectivity index (χ3n) is 4.26. The summed E-state index contributed by atoms with van der Waals surface area (Å²) in [6, 6.07) is 6.13. The summed E-state index contributed by atoms with van der Waals surface area (Å²) in [6.07, 6.45) is 0.531. The van der Waals surface area contributed by atoms with Crippen molar-refractivity contribution in [2.45, 2.75) is 24.8 Å². The van der Waals surface area contributed by atoms with Crippen molar-refractivity contribution >= 4 is 41.6 Å². The number of nitrogens with zero attached hydrogens (tertiary/aromatic N) is 1. The molecule has 136 valence electrons. The number of nitrogens with one attached hydrogen (secondary N) is 2. The second-order valence-corrected chi connectivity index (χ2v) is 7.09. The Morgan fingerprint density at radius 3 is 2.81 bits per heavy atom. The van der Waals surface area contributed by atoms with E-state index in [-0.39, 0.29) is 18.0 Å². The Balaban J connectivity index is 1.68. The summed E-state index contributed by atoms with van der Waals surface area (Å²) in [5, 5.41) is 14.1. The van der Waals surface area contributed by atoms with Gasteiger partial charge >= 0.3 is 5.97 Å². The summed E-state index contributed by atoms with van der Waals surface area (Å²) >= 11 is 1.42. The van der Waals surface area contributed by atoms with E-state index < -0.39 is 23.3 Å². The van der Waals surface area contributed by atoms with Gasteiger partial charge in [-0.25, -0.2) is 4.79 Å². The largest absolute Gasteiger partial charge is 0.477 e. The minimum Gasteiger partial charge on any atom is -0.477 e. The summed E-state index contributed by atoms with van der Waals surface area (Å²) in [4.78, 5) is 48.0. The third-order valence-corrected chi connectivity index (χ3v) is 5.68. The molecule has 9 heteroatoms. The lowest BCUT2D eigenvalue weighted by molar-refractivity contribution is -0.150. The van der Waals surface area contributed by atoms with Crippen molar-refractivity contribution in [3.8, 4) is 0 Å². The van der Waals surface area contributed by atoms with E-state index in [2.05, 4.69) is 10.6 Å². The molecule has 0 bridgehead atoms. The van der Waals surface area contributed by atoms with E-state index in [4.69, 9.17) is 0 Å². The van der Waals surface area contributed by atoms with E-state index in [1.165, 1.54) is 16.7 Å². The van der Waals surface area contributed by atoms with Crippen LogP contribution < -0.4 is 10.6 Å². The van der Waals surface area contributed by atoms with E-state index in [9.17, 15) is 24.3 Å². The highest BCUT2D eigenvalue weighted by atomic mass is 32.2. The zero-order valence-corrected chi connectivity index (χ0v) is 14.7. The summed E-state index contributed by atoms with van der Waals surface area (Å²) in [7, 11) is 0. The number of rotatable bonds is 6. The Labute approximate surface area is 153 Å². The fraction of sp³-hybridized carbons (Fsp3) is 0.294. The van der Waals surface area contributed by atoms with Crippen LogP contribution in [0.15, 0.2) is 35.5 Å². The number of carbonyl (C=O) groups excluding carboxylic acids is 3. The van der Waals surface area contributed by atoms with Crippen LogP contribution in [0.2, 0.25) is 0 Å². The maximum absolute atomic E-state index is 12.4. The highest BCUT2D eigenvalue weighted by molar-refractivity contribution is 8.00. The molecule has 1 aromatic carbocycles.